The molecule has 1 saturated heterocycles. The fourth-order valence-corrected chi connectivity index (χ4v) is 5.04. The van der Waals surface area contributed by atoms with Gasteiger partial charge in [-0.05, 0) is 37.5 Å². The van der Waals surface area contributed by atoms with Crippen LogP contribution in [-0.4, -0.2) is 53.7 Å². The van der Waals surface area contributed by atoms with Crippen molar-refractivity contribution in [3.63, 3.8) is 0 Å². The molecule has 24 heavy (non-hydrogen) atoms. The molecule has 0 aromatic heterocycles. The van der Waals surface area contributed by atoms with Crippen molar-refractivity contribution in [1.82, 2.24) is 9.80 Å². The molecular formula is C18H24Cl2N2OS. The Labute approximate surface area is 158 Å². The minimum atomic E-state index is 0.203. The molecule has 2 fully saturated rings. The molecule has 0 N–H and O–H groups in total. The number of benzene rings is 1. The smallest absolute Gasteiger partial charge is 0.233 e. The predicted molar refractivity (Wildman–Crippen MR) is 102 cm³/mol. The number of amides is 1. The first kappa shape index (κ1) is 18.4. The van der Waals surface area contributed by atoms with Crippen molar-refractivity contribution in [3.8, 4) is 0 Å². The molecule has 3 rings (SSSR count). The number of halogens is 2. The molecule has 2 aliphatic rings. The van der Waals surface area contributed by atoms with Gasteiger partial charge in [-0.1, -0.05) is 36.0 Å². The Morgan fingerprint density at radius 1 is 1.12 bits per heavy atom. The minimum absolute atomic E-state index is 0.203. The second kappa shape index (κ2) is 8.31. The van der Waals surface area contributed by atoms with Gasteiger partial charge in [0.05, 0.1) is 10.8 Å². The van der Waals surface area contributed by atoms with E-state index in [4.69, 9.17) is 23.2 Å². The van der Waals surface area contributed by atoms with E-state index in [0.29, 0.717) is 15.8 Å². The van der Waals surface area contributed by atoms with Gasteiger partial charge in [-0.3, -0.25) is 9.69 Å². The fraction of sp³-hybridized carbons (Fsp3) is 0.611. The molecule has 132 valence electrons. The second-order valence-electron chi connectivity index (χ2n) is 6.68. The first-order valence-electron chi connectivity index (χ1n) is 8.65. The van der Waals surface area contributed by atoms with Crippen LogP contribution in [0.4, 0.5) is 0 Å². The molecule has 1 amide bonds. The van der Waals surface area contributed by atoms with Gasteiger partial charge in [0.1, 0.15) is 0 Å². The van der Waals surface area contributed by atoms with Gasteiger partial charge in [0.15, 0.2) is 0 Å². The van der Waals surface area contributed by atoms with Gasteiger partial charge in [-0.25, -0.2) is 0 Å². The SMILES string of the molecule is Cc1cc(SCC(=O)N2CCN(C3CCCC3)CC2)c(Cl)cc1Cl. The number of carbonyl (C=O) groups excluding carboxylic acids is 1. The maximum atomic E-state index is 12.5. The minimum Gasteiger partial charge on any atom is -0.339 e. The van der Waals surface area contributed by atoms with Crippen molar-refractivity contribution in [3.05, 3.63) is 27.7 Å². The highest BCUT2D eigenvalue weighted by molar-refractivity contribution is 8.00. The van der Waals surface area contributed by atoms with Gasteiger partial charge < -0.3 is 4.90 Å². The number of hydrogen-bond acceptors (Lipinski definition) is 3. The lowest BCUT2D eigenvalue weighted by Crippen LogP contribution is -2.51. The van der Waals surface area contributed by atoms with Crippen LogP contribution in [0.3, 0.4) is 0 Å². The molecule has 1 saturated carbocycles. The Kier molecular flexibility index (Phi) is 6.36. The topological polar surface area (TPSA) is 23.6 Å². The van der Waals surface area contributed by atoms with Crippen LogP contribution in [0.1, 0.15) is 31.2 Å². The third kappa shape index (κ3) is 4.40. The molecule has 1 aliphatic carbocycles. The van der Waals surface area contributed by atoms with E-state index in [1.165, 1.54) is 37.4 Å². The van der Waals surface area contributed by atoms with Gasteiger partial charge in [0, 0.05) is 42.1 Å². The summed E-state index contributed by atoms with van der Waals surface area (Å²) in [6.45, 7) is 5.68. The van der Waals surface area contributed by atoms with E-state index in [9.17, 15) is 4.79 Å². The zero-order chi connectivity index (χ0) is 17.1. The van der Waals surface area contributed by atoms with Gasteiger partial charge in [-0.15, -0.1) is 11.8 Å². The van der Waals surface area contributed by atoms with E-state index < -0.39 is 0 Å². The molecule has 1 aliphatic heterocycles. The monoisotopic (exact) mass is 386 g/mol. The summed E-state index contributed by atoms with van der Waals surface area (Å²) in [5.41, 5.74) is 0.987. The van der Waals surface area contributed by atoms with Crippen LogP contribution >= 0.6 is 35.0 Å². The maximum Gasteiger partial charge on any atom is 0.233 e. The molecule has 1 aromatic carbocycles. The molecular weight excluding hydrogens is 363 g/mol. The van der Waals surface area contributed by atoms with Gasteiger partial charge in [-0.2, -0.15) is 0 Å². The van der Waals surface area contributed by atoms with Gasteiger partial charge >= 0.3 is 0 Å². The van der Waals surface area contributed by atoms with Crippen LogP contribution < -0.4 is 0 Å². The molecule has 6 heteroatoms. The maximum absolute atomic E-state index is 12.5. The Morgan fingerprint density at radius 2 is 1.79 bits per heavy atom. The standard InChI is InChI=1S/C18H24Cl2N2OS/c1-13-10-17(16(20)11-15(13)19)24-12-18(23)22-8-6-21(7-9-22)14-4-2-3-5-14/h10-11,14H,2-9,12H2,1H3. The molecule has 0 bridgehead atoms. The summed E-state index contributed by atoms with van der Waals surface area (Å²) in [7, 11) is 0. The summed E-state index contributed by atoms with van der Waals surface area (Å²) in [6, 6.07) is 4.47. The summed E-state index contributed by atoms with van der Waals surface area (Å²) < 4.78 is 0. The summed E-state index contributed by atoms with van der Waals surface area (Å²) in [5, 5.41) is 1.29. The summed E-state index contributed by atoms with van der Waals surface area (Å²) >= 11 is 13.8. The lowest BCUT2D eigenvalue weighted by Gasteiger charge is -2.38. The number of carbonyl (C=O) groups is 1. The average molecular weight is 387 g/mol. The van der Waals surface area contributed by atoms with Crippen molar-refractivity contribution < 1.29 is 4.79 Å². The third-order valence-corrected chi connectivity index (χ3v) is 6.94. The number of thioether (sulfide) groups is 1. The summed E-state index contributed by atoms with van der Waals surface area (Å²) in [5.74, 6) is 0.638. The lowest BCUT2D eigenvalue weighted by molar-refractivity contribution is -0.130. The molecule has 0 atom stereocenters. The lowest BCUT2D eigenvalue weighted by atomic mass is 10.2. The van der Waals surface area contributed by atoms with E-state index in [2.05, 4.69) is 4.90 Å². The van der Waals surface area contributed by atoms with Crippen molar-refractivity contribution >= 4 is 40.9 Å². The number of hydrogen-bond donors (Lipinski definition) is 0. The highest BCUT2D eigenvalue weighted by Crippen LogP contribution is 2.32. The van der Waals surface area contributed by atoms with Crippen LogP contribution in [-0.2, 0) is 4.79 Å². The van der Waals surface area contributed by atoms with E-state index in [0.717, 1.165) is 42.7 Å². The third-order valence-electron chi connectivity index (χ3n) is 5.07. The predicted octanol–water partition coefficient (Wildman–Crippen LogP) is 4.48. The molecule has 1 heterocycles. The van der Waals surface area contributed by atoms with Crippen molar-refractivity contribution in [2.75, 3.05) is 31.9 Å². The number of rotatable bonds is 4. The average Bonchev–Trinajstić information content (AvgIpc) is 3.11. The summed E-state index contributed by atoms with van der Waals surface area (Å²) in [6.07, 6.45) is 5.39. The molecule has 3 nitrogen and oxygen atoms in total. The number of aryl methyl sites for hydroxylation is 1. The second-order valence-corrected chi connectivity index (χ2v) is 8.51. The van der Waals surface area contributed by atoms with E-state index in [1.807, 2.05) is 17.9 Å². The normalized spacial score (nSPS) is 19.9. The zero-order valence-electron chi connectivity index (χ0n) is 14.1. The van der Waals surface area contributed by atoms with Crippen LogP contribution in [0.5, 0.6) is 0 Å². The Balaban J connectivity index is 1.48. The number of piperazine rings is 1. The van der Waals surface area contributed by atoms with Crippen molar-refractivity contribution in [1.29, 1.82) is 0 Å². The Hall–Kier alpha value is -0.420. The first-order chi connectivity index (χ1) is 11.5. The van der Waals surface area contributed by atoms with Crippen molar-refractivity contribution in [2.45, 2.75) is 43.5 Å². The fourth-order valence-electron chi connectivity index (χ4n) is 3.58. The molecule has 0 unspecified atom stereocenters. The Morgan fingerprint density at radius 3 is 2.46 bits per heavy atom. The quantitative estimate of drug-likeness (QED) is 0.712. The first-order valence-corrected chi connectivity index (χ1v) is 10.4. The van der Waals surface area contributed by atoms with E-state index >= 15 is 0 Å². The number of nitrogens with zero attached hydrogens (tertiary/aromatic N) is 2. The van der Waals surface area contributed by atoms with Gasteiger partial charge in [0.2, 0.25) is 5.91 Å². The zero-order valence-corrected chi connectivity index (χ0v) is 16.4. The van der Waals surface area contributed by atoms with Crippen LogP contribution in [0.25, 0.3) is 0 Å². The highest BCUT2D eigenvalue weighted by Gasteiger charge is 2.27. The summed E-state index contributed by atoms with van der Waals surface area (Å²) in [4.78, 5) is 18.0. The molecule has 1 aromatic rings. The van der Waals surface area contributed by atoms with Crippen molar-refractivity contribution in [2.24, 2.45) is 0 Å². The van der Waals surface area contributed by atoms with Gasteiger partial charge in [0.25, 0.3) is 0 Å². The highest BCUT2D eigenvalue weighted by atomic mass is 35.5. The van der Waals surface area contributed by atoms with E-state index in [1.54, 1.807) is 6.07 Å². The Bertz CT molecular complexity index is 597. The largest absolute Gasteiger partial charge is 0.339 e. The van der Waals surface area contributed by atoms with Crippen LogP contribution in [0, 0.1) is 6.92 Å². The molecule has 0 spiro atoms. The van der Waals surface area contributed by atoms with E-state index in [-0.39, 0.29) is 5.91 Å². The van der Waals surface area contributed by atoms with Crippen LogP contribution in [0.15, 0.2) is 17.0 Å². The van der Waals surface area contributed by atoms with Crippen LogP contribution in [0.2, 0.25) is 10.0 Å². The molecule has 0 radical (unpaired) electrons.